The van der Waals surface area contributed by atoms with Gasteiger partial charge in [0.05, 0.1) is 16.9 Å². The Bertz CT molecular complexity index is 2200. The Hall–Kier alpha value is -4.63. The molecule has 0 fully saturated rings. The maximum atomic E-state index is 8.80. The first-order valence-corrected chi connectivity index (χ1v) is 16.3. The minimum absolute atomic E-state index is 0. The number of benzene rings is 5. The van der Waals surface area contributed by atoms with Crippen molar-refractivity contribution < 1.29 is 24.2 Å². The van der Waals surface area contributed by atoms with Gasteiger partial charge in [-0.15, -0.1) is 71.8 Å². The molecular weight excluding hydrogens is 775 g/mol. The quantitative estimate of drug-likeness (QED) is 0.150. The fourth-order valence-electron chi connectivity index (χ4n) is 5.83. The SMILES string of the molecule is [2H]C(C)(C)c1ccc(-c2ccc(-c3[c-]cccc3)nc2)cc1.[2H]C(C)(C)c1cccc(C([2H])(C)C)c1-n1c(-c2[c-]cccc2)nc2ccccc21.[Ir]. The molecule has 49 heavy (non-hydrogen) atoms. The Morgan fingerprint density at radius 3 is 1.73 bits per heavy atom. The number of rotatable bonds is 7. The second-order valence-electron chi connectivity index (χ2n) is 12.5. The molecule has 0 unspecified atom stereocenters. The van der Waals surface area contributed by atoms with Gasteiger partial charge in [0.2, 0.25) is 0 Å². The fourth-order valence-corrected chi connectivity index (χ4v) is 5.83. The number of fused-ring (bicyclic) bond motifs is 1. The summed E-state index contributed by atoms with van der Waals surface area (Å²) in [7, 11) is 0. The third kappa shape index (κ3) is 7.99. The van der Waals surface area contributed by atoms with Crippen LogP contribution < -0.4 is 0 Å². The van der Waals surface area contributed by atoms with Crippen LogP contribution in [-0.2, 0) is 20.1 Å². The molecule has 1 radical (unpaired) electrons. The molecule has 4 heteroatoms. The zero-order valence-corrected chi connectivity index (χ0v) is 31.3. The molecule has 0 aliphatic heterocycles. The van der Waals surface area contributed by atoms with Gasteiger partial charge < -0.3 is 9.55 Å². The second-order valence-corrected chi connectivity index (χ2v) is 12.5. The summed E-state index contributed by atoms with van der Waals surface area (Å²) in [5, 5.41) is 0. The molecule has 0 aliphatic rings. The zero-order valence-electron chi connectivity index (χ0n) is 31.9. The second kappa shape index (κ2) is 16.2. The van der Waals surface area contributed by atoms with E-state index in [4.69, 9.17) is 9.10 Å². The van der Waals surface area contributed by atoms with Gasteiger partial charge in [0.15, 0.2) is 0 Å². The van der Waals surface area contributed by atoms with Crippen LogP contribution >= 0.6 is 0 Å². The van der Waals surface area contributed by atoms with Crippen LogP contribution in [0.2, 0.25) is 0 Å². The summed E-state index contributed by atoms with van der Waals surface area (Å²) < 4.78 is 27.8. The Balaban J connectivity index is 0.000000205. The largest absolute Gasteiger partial charge is 0.333 e. The van der Waals surface area contributed by atoms with E-state index in [1.54, 1.807) is 0 Å². The third-order valence-corrected chi connectivity index (χ3v) is 8.39. The topological polar surface area (TPSA) is 30.7 Å². The predicted molar refractivity (Wildman–Crippen MR) is 202 cm³/mol. The first kappa shape index (κ1) is 31.6. The maximum absolute atomic E-state index is 8.80. The number of pyridine rings is 1. The first-order chi connectivity index (χ1) is 24.2. The average Bonchev–Trinajstić information content (AvgIpc) is 3.51. The molecule has 0 aliphatic carbocycles. The fraction of sp³-hybridized carbons (Fsp3) is 0.200. The van der Waals surface area contributed by atoms with E-state index in [0.717, 1.165) is 67.2 Å². The van der Waals surface area contributed by atoms with Gasteiger partial charge in [-0.05, 0) is 63.3 Å². The molecule has 3 nitrogen and oxygen atoms in total. The van der Waals surface area contributed by atoms with E-state index < -0.39 is 17.7 Å². The van der Waals surface area contributed by atoms with Gasteiger partial charge in [-0.1, -0.05) is 108 Å². The van der Waals surface area contributed by atoms with Crippen molar-refractivity contribution in [1.29, 1.82) is 0 Å². The van der Waals surface area contributed by atoms with Crippen LogP contribution in [0.4, 0.5) is 0 Å². The van der Waals surface area contributed by atoms with Gasteiger partial charge in [-0.25, -0.2) is 0 Å². The number of imidazole rings is 1. The summed E-state index contributed by atoms with van der Waals surface area (Å²) in [6.07, 6.45) is 1.89. The van der Waals surface area contributed by atoms with Crippen molar-refractivity contribution in [2.24, 2.45) is 0 Å². The first-order valence-electron chi connectivity index (χ1n) is 17.8. The van der Waals surface area contributed by atoms with Gasteiger partial charge in [-0.2, -0.15) is 0 Å². The van der Waals surface area contributed by atoms with Crippen molar-refractivity contribution in [3.05, 3.63) is 162 Å². The molecule has 2 aromatic heterocycles. The summed E-state index contributed by atoms with van der Waals surface area (Å²) in [5.41, 5.74) is 10.5. The van der Waals surface area contributed by atoms with Crippen molar-refractivity contribution in [2.75, 3.05) is 0 Å². The molecule has 5 aromatic carbocycles. The summed E-state index contributed by atoms with van der Waals surface area (Å²) >= 11 is 0. The standard InChI is InChI=1S/C25H25N2.C20H18N.Ir/c1-17(2)20-13-10-14-21(18(3)4)24(20)27-23-16-9-8-15-22(23)26-25(27)19-11-6-5-7-12-19;1-15(2)16-8-10-17(11-9-16)19-12-13-20(21-14-19)18-6-4-3-5-7-18;/h5-11,13-18H,1-4H3;3-6,8-15H,1-2H3;/q2*-1;/i17D,18D;15D;. The van der Waals surface area contributed by atoms with E-state index in [0.29, 0.717) is 0 Å². The van der Waals surface area contributed by atoms with Gasteiger partial charge in [0.25, 0.3) is 0 Å². The molecule has 7 aromatic rings. The third-order valence-electron chi connectivity index (χ3n) is 8.39. The molecule has 0 amide bonds. The molecule has 0 spiro atoms. The van der Waals surface area contributed by atoms with Crippen LogP contribution in [0.3, 0.4) is 0 Å². The van der Waals surface area contributed by atoms with E-state index in [2.05, 4.69) is 39.9 Å². The Morgan fingerprint density at radius 2 is 1.18 bits per heavy atom. The van der Waals surface area contributed by atoms with E-state index in [9.17, 15) is 0 Å². The van der Waals surface area contributed by atoms with Crippen molar-refractivity contribution in [2.45, 2.75) is 59.2 Å². The minimum Gasteiger partial charge on any atom is -0.333 e. The van der Waals surface area contributed by atoms with Crippen LogP contribution in [0.15, 0.2) is 134 Å². The molecule has 0 saturated carbocycles. The van der Waals surface area contributed by atoms with Crippen LogP contribution in [0.5, 0.6) is 0 Å². The van der Waals surface area contributed by atoms with Crippen molar-refractivity contribution in [3.63, 3.8) is 0 Å². The summed E-state index contributed by atoms with van der Waals surface area (Å²) in [6.45, 7) is 11.4. The summed E-state index contributed by atoms with van der Waals surface area (Å²) in [6, 6.07) is 48.3. The molecule has 249 valence electrons. The molecule has 7 rings (SSSR count). The normalized spacial score (nSPS) is 12.6. The number of hydrogen-bond donors (Lipinski definition) is 0. The average molecular weight is 821 g/mol. The predicted octanol–water partition coefficient (Wildman–Crippen LogP) is 12.1. The molecule has 0 bridgehead atoms. The van der Waals surface area contributed by atoms with Crippen LogP contribution in [0.25, 0.3) is 50.5 Å². The van der Waals surface area contributed by atoms with Gasteiger partial charge in [-0.3, -0.25) is 4.98 Å². The summed E-state index contributed by atoms with van der Waals surface area (Å²) in [4.78, 5) is 9.44. The van der Waals surface area contributed by atoms with Crippen LogP contribution in [-0.4, -0.2) is 14.5 Å². The monoisotopic (exact) mass is 821 g/mol. The molecular formula is C45H43IrN3-2. The Kier molecular flexibility index (Phi) is 10.4. The van der Waals surface area contributed by atoms with E-state index in [1.165, 1.54) is 0 Å². The summed E-state index contributed by atoms with van der Waals surface area (Å²) in [5.74, 6) is -1.46. The van der Waals surface area contributed by atoms with Crippen LogP contribution in [0.1, 0.15) is 80.0 Å². The number of nitrogens with zero attached hydrogens (tertiary/aromatic N) is 3. The van der Waals surface area contributed by atoms with Crippen molar-refractivity contribution in [3.8, 4) is 39.5 Å². The zero-order chi connectivity index (χ0) is 36.4. The van der Waals surface area contributed by atoms with Gasteiger partial charge >= 0.3 is 0 Å². The minimum atomic E-state index is -0.834. The maximum Gasteiger partial charge on any atom is 0.0774 e. The Morgan fingerprint density at radius 1 is 0.592 bits per heavy atom. The molecule has 0 N–H and O–H groups in total. The van der Waals surface area contributed by atoms with E-state index >= 15 is 0 Å². The van der Waals surface area contributed by atoms with Gasteiger partial charge in [0.1, 0.15) is 0 Å². The van der Waals surface area contributed by atoms with Crippen molar-refractivity contribution >= 4 is 11.0 Å². The molecule has 0 atom stereocenters. The number of aromatic nitrogens is 3. The molecule has 0 saturated heterocycles. The smallest absolute Gasteiger partial charge is 0.0774 e. The number of hydrogen-bond acceptors (Lipinski definition) is 2. The Labute approximate surface area is 309 Å². The van der Waals surface area contributed by atoms with E-state index in [1.807, 2.05) is 157 Å². The molecule has 2 heterocycles. The van der Waals surface area contributed by atoms with Crippen LogP contribution in [0, 0.1) is 12.1 Å². The number of para-hydroxylation sites is 3. The van der Waals surface area contributed by atoms with Crippen molar-refractivity contribution in [1.82, 2.24) is 14.5 Å². The van der Waals surface area contributed by atoms with Gasteiger partial charge in [0, 0.05) is 36.1 Å². The van der Waals surface area contributed by atoms with E-state index in [-0.39, 0.29) is 20.1 Å².